The lowest BCUT2D eigenvalue weighted by Gasteiger charge is -2.09. The van der Waals surface area contributed by atoms with E-state index in [0.29, 0.717) is 28.7 Å². The third-order valence-corrected chi connectivity index (χ3v) is 5.79. The van der Waals surface area contributed by atoms with Gasteiger partial charge in [-0.1, -0.05) is 18.2 Å². The van der Waals surface area contributed by atoms with Crippen LogP contribution in [0.2, 0.25) is 0 Å². The number of aromatic nitrogens is 3. The highest BCUT2D eigenvalue weighted by atomic mass is 32.2. The molecule has 31 heavy (non-hydrogen) atoms. The number of phenolic OH excluding ortho intramolecular Hbond substituents is 1. The number of hydrogen-bond donors (Lipinski definition) is 2. The number of fused-ring (bicyclic) bond motifs is 1. The molecule has 0 aliphatic heterocycles. The molecule has 0 fully saturated rings. The first kappa shape index (κ1) is 20.7. The first-order valence-electron chi connectivity index (χ1n) is 9.48. The summed E-state index contributed by atoms with van der Waals surface area (Å²) in [5.41, 5.74) is 3.11. The fourth-order valence-corrected chi connectivity index (χ4v) is 3.76. The molecule has 2 N–H and O–H groups in total. The van der Waals surface area contributed by atoms with E-state index in [1.165, 1.54) is 16.9 Å². The van der Waals surface area contributed by atoms with Gasteiger partial charge < -0.3 is 10.2 Å². The van der Waals surface area contributed by atoms with Gasteiger partial charge in [0.1, 0.15) is 16.7 Å². The van der Waals surface area contributed by atoms with Gasteiger partial charge in [-0.3, -0.25) is 4.99 Å². The standard InChI is InChI=1S/C22H20N4O4S/c1-31(29,30)18-7-8-19-20(13-18)25-26(24-19)21-12-15(9-10-27)11-16(22(21)28)14-23-17-5-3-2-4-6-17/h2-8,11-14,27-28H,9-10H2,1H3. The van der Waals surface area contributed by atoms with Gasteiger partial charge in [0.15, 0.2) is 15.6 Å². The quantitative estimate of drug-likeness (QED) is 0.449. The van der Waals surface area contributed by atoms with E-state index >= 15 is 0 Å². The molecule has 0 aliphatic carbocycles. The maximum atomic E-state index is 11.8. The molecular formula is C22H20N4O4S. The minimum atomic E-state index is -3.38. The molecule has 0 saturated carbocycles. The molecular weight excluding hydrogens is 416 g/mol. The Labute approximate surface area is 179 Å². The Morgan fingerprint density at radius 1 is 1.03 bits per heavy atom. The van der Waals surface area contributed by atoms with Gasteiger partial charge in [-0.05, 0) is 54.4 Å². The van der Waals surface area contributed by atoms with Gasteiger partial charge in [0.2, 0.25) is 0 Å². The van der Waals surface area contributed by atoms with Crippen LogP contribution in [0.15, 0.2) is 70.6 Å². The predicted octanol–water partition coefficient (Wildman–Crippen LogP) is 2.82. The second-order valence-corrected chi connectivity index (χ2v) is 9.05. The SMILES string of the molecule is CS(=O)(=O)c1ccc2nn(-c3cc(CCO)cc(C=Nc4ccccc4)c3O)nc2c1. The summed E-state index contributed by atoms with van der Waals surface area (Å²) in [6.45, 7) is -0.0638. The Morgan fingerprint density at radius 3 is 2.48 bits per heavy atom. The Kier molecular flexibility index (Phi) is 5.53. The van der Waals surface area contributed by atoms with E-state index in [1.54, 1.807) is 24.4 Å². The fraction of sp³-hybridized carbons (Fsp3) is 0.136. The monoisotopic (exact) mass is 436 g/mol. The maximum absolute atomic E-state index is 11.8. The second-order valence-electron chi connectivity index (χ2n) is 7.03. The van der Waals surface area contributed by atoms with Crippen molar-refractivity contribution in [2.75, 3.05) is 12.9 Å². The van der Waals surface area contributed by atoms with Gasteiger partial charge >= 0.3 is 0 Å². The summed E-state index contributed by atoms with van der Waals surface area (Å²) in [5.74, 6) is -0.0787. The van der Waals surface area contributed by atoms with Crippen LogP contribution in [0.25, 0.3) is 16.7 Å². The number of aromatic hydroxyl groups is 1. The van der Waals surface area contributed by atoms with Gasteiger partial charge in [0.25, 0.3) is 0 Å². The zero-order valence-electron chi connectivity index (χ0n) is 16.7. The molecule has 1 heterocycles. The zero-order valence-corrected chi connectivity index (χ0v) is 17.5. The molecule has 0 radical (unpaired) electrons. The number of sulfone groups is 1. The van der Waals surface area contributed by atoms with Gasteiger partial charge in [0, 0.05) is 24.6 Å². The van der Waals surface area contributed by atoms with Crippen molar-refractivity contribution in [2.45, 2.75) is 11.3 Å². The minimum Gasteiger partial charge on any atom is -0.505 e. The van der Waals surface area contributed by atoms with Crippen LogP contribution in [0.3, 0.4) is 0 Å². The van der Waals surface area contributed by atoms with Crippen molar-refractivity contribution < 1.29 is 18.6 Å². The number of aliphatic imine (C=N–C) groups is 1. The molecule has 4 aromatic rings. The first-order valence-corrected chi connectivity index (χ1v) is 11.4. The highest BCUT2D eigenvalue weighted by Gasteiger charge is 2.16. The molecule has 0 bridgehead atoms. The number of benzene rings is 3. The van der Waals surface area contributed by atoms with E-state index in [9.17, 15) is 18.6 Å². The molecule has 0 aliphatic rings. The maximum Gasteiger partial charge on any atom is 0.175 e. The lowest BCUT2D eigenvalue weighted by molar-refractivity contribution is 0.299. The van der Waals surface area contributed by atoms with Gasteiger partial charge in [-0.25, -0.2) is 8.42 Å². The number of hydrogen-bond acceptors (Lipinski definition) is 7. The van der Waals surface area contributed by atoms with Crippen LogP contribution in [0.5, 0.6) is 5.75 Å². The molecule has 0 spiro atoms. The summed E-state index contributed by atoms with van der Waals surface area (Å²) < 4.78 is 23.6. The molecule has 0 atom stereocenters. The van der Waals surface area contributed by atoms with Gasteiger partial charge in [-0.15, -0.1) is 15.0 Å². The molecule has 4 rings (SSSR count). The van der Waals surface area contributed by atoms with E-state index in [0.717, 1.165) is 17.5 Å². The normalized spacial score (nSPS) is 12.1. The molecule has 0 amide bonds. The summed E-state index contributed by atoms with van der Waals surface area (Å²) in [7, 11) is -3.38. The van der Waals surface area contributed by atoms with E-state index in [4.69, 9.17) is 0 Å². The molecule has 0 unspecified atom stereocenters. The second kappa shape index (κ2) is 8.29. The fourth-order valence-electron chi connectivity index (χ4n) is 3.12. The van der Waals surface area contributed by atoms with E-state index in [2.05, 4.69) is 15.2 Å². The van der Waals surface area contributed by atoms with Crippen molar-refractivity contribution in [3.63, 3.8) is 0 Å². The highest BCUT2D eigenvalue weighted by molar-refractivity contribution is 7.90. The molecule has 1 aromatic heterocycles. The van der Waals surface area contributed by atoms with E-state index in [-0.39, 0.29) is 17.3 Å². The average molecular weight is 436 g/mol. The molecule has 3 aromatic carbocycles. The van der Waals surface area contributed by atoms with Crippen molar-refractivity contribution in [3.8, 4) is 11.4 Å². The molecule has 9 heteroatoms. The number of rotatable bonds is 6. The first-order chi connectivity index (χ1) is 14.8. The Morgan fingerprint density at radius 2 is 1.77 bits per heavy atom. The van der Waals surface area contributed by atoms with Gasteiger partial charge in [0.05, 0.1) is 10.6 Å². The molecule has 0 saturated heterocycles. The van der Waals surface area contributed by atoms with Crippen LogP contribution < -0.4 is 0 Å². The van der Waals surface area contributed by atoms with Crippen LogP contribution in [0.4, 0.5) is 5.69 Å². The third kappa shape index (κ3) is 4.47. The van der Waals surface area contributed by atoms with Crippen molar-refractivity contribution in [3.05, 3.63) is 71.8 Å². The van der Waals surface area contributed by atoms with Gasteiger partial charge in [-0.2, -0.15) is 0 Å². The summed E-state index contributed by atoms with van der Waals surface area (Å²) in [6, 6.07) is 17.2. The van der Waals surface area contributed by atoms with Crippen LogP contribution in [-0.2, 0) is 16.3 Å². The Hall–Kier alpha value is -3.56. The predicted molar refractivity (Wildman–Crippen MR) is 118 cm³/mol. The lowest BCUT2D eigenvalue weighted by Crippen LogP contribution is -2.03. The van der Waals surface area contributed by atoms with Crippen molar-refractivity contribution in [2.24, 2.45) is 4.99 Å². The third-order valence-electron chi connectivity index (χ3n) is 4.68. The van der Waals surface area contributed by atoms with Crippen LogP contribution in [0.1, 0.15) is 11.1 Å². The van der Waals surface area contributed by atoms with Crippen molar-refractivity contribution in [1.29, 1.82) is 0 Å². The highest BCUT2D eigenvalue weighted by Crippen LogP contribution is 2.28. The Balaban J connectivity index is 1.82. The number of phenols is 1. The number of nitrogens with zero attached hydrogens (tertiary/aromatic N) is 4. The summed E-state index contributed by atoms with van der Waals surface area (Å²) in [5, 5.41) is 29.0. The summed E-state index contributed by atoms with van der Waals surface area (Å²) in [4.78, 5) is 5.79. The molecule has 158 valence electrons. The van der Waals surface area contributed by atoms with E-state index < -0.39 is 9.84 Å². The smallest absolute Gasteiger partial charge is 0.175 e. The van der Waals surface area contributed by atoms with Crippen LogP contribution in [0, 0.1) is 0 Å². The lowest BCUT2D eigenvalue weighted by atomic mass is 10.1. The number of aliphatic hydroxyl groups excluding tert-OH is 1. The zero-order chi connectivity index (χ0) is 22.0. The minimum absolute atomic E-state index is 0.0638. The average Bonchev–Trinajstić information content (AvgIpc) is 3.17. The van der Waals surface area contributed by atoms with Crippen molar-refractivity contribution in [1.82, 2.24) is 15.0 Å². The summed E-state index contributed by atoms with van der Waals surface area (Å²) in [6.07, 6.45) is 3.04. The largest absolute Gasteiger partial charge is 0.505 e. The molecule has 8 nitrogen and oxygen atoms in total. The Bertz CT molecular complexity index is 1380. The summed E-state index contributed by atoms with van der Waals surface area (Å²) >= 11 is 0. The van der Waals surface area contributed by atoms with Crippen molar-refractivity contribution >= 4 is 32.8 Å². The topological polar surface area (TPSA) is 118 Å². The number of aliphatic hydroxyl groups is 1. The van der Waals surface area contributed by atoms with Crippen LogP contribution in [-0.4, -0.2) is 52.7 Å². The van der Waals surface area contributed by atoms with E-state index in [1.807, 2.05) is 30.3 Å². The number of para-hydroxylation sites is 1. The van der Waals surface area contributed by atoms with Crippen LogP contribution >= 0.6 is 0 Å².